The average Bonchev–Trinajstić information content (AvgIpc) is 3.24. The predicted molar refractivity (Wildman–Crippen MR) is 107 cm³/mol. The molecule has 30 heavy (non-hydrogen) atoms. The first-order valence-corrected chi connectivity index (χ1v) is 9.75. The number of carbonyl (C=O) groups is 1. The lowest BCUT2D eigenvalue weighted by atomic mass is 10.2. The van der Waals surface area contributed by atoms with Crippen LogP contribution in [0.4, 0.5) is 8.78 Å². The van der Waals surface area contributed by atoms with E-state index < -0.39 is 0 Å². The molecule has 0 N–H and O–H groups in total. The van der Waals surface area contributed by atoms with E-state index in [1.54, 1.807) is 29.3 Å². The minimum absolute atomic E-state index is 0.120. The van der Waals surface area contributed by atoms with Gasteiger partial charge >= 0.3 is 0 Å². The van der Waals surface area contributed by atoms with Crippen molar-refractivity contribution >= 4 is 5.91 Å². The summed E-state index contributed by atoms with van der Waals surface area (Å²) in [6.07, 6.45) is 1.67. The van der Waals surface area contributed by atoms with Gasteiger partial charge < -0.3 is 9.64 Å². The topological polar surface area (TPSA) is 50.6 Å². The Labute approximate surface area is 173 Å². The molecule has 8 heteroatoms. The van der Waals surface area contributed by atoms with Gasteiger partial charge in [0, 0.05) is 44.5 Å². The number of ether oxygens (including phenoxy) is 1. The first kappa shape index (κ1) is 20.0. The fraction of sp³-hybridized carbons (Fsp3) is 0.273. The van der Waals surface area contributed by atoms with Crippen LogP contribution in [-0.4, -0.2) is 51.7 Å². The van der Waals surface area contributed by atoms with Crippen LogP contribution in [-0.2, 0) is 13.3 Å². The van der Waals surface area contributed by atoms with E-state index in [0.29, 0.717) is 49.7 Å². The minimum atomic E-state index is -0.330. The molecular formula is C22H22F2N4O2. The van der Waals surface area contributed by atoms with Crippen LogP contribution in [0.5, 0.6) is 5.75 Å². The van der Waals surface area contributed by atoms with E-state index in [1.165, 1.54) is 35.0 Å². The summed E-state index contributed by atoms with van der Waals surface area (Å²) < 4.78 is 33.8. The summed E-state index contributed by atoms with van der Waals surface area (Å²) in [6.45, 7) is 3.13. The molecular weight excluding hydrogens is 390 g/mol. The van der Waals surface area contributed by atoms with E-state index in [2.05, 4.69) is 10.00 Å². The van der Waals surface area contributed by atoms with Crippen LogP contribution in [0.2, 0.25) is 0 Å². The van der Waals surface area contributed by atoms with Gasteiger partial charge in [-0.25, -0.2) is 13.5 Å². The van der Waals surface area contributed by atoms with Crippen molar-refractivity contribution in [3.8, 4) is 5.75 Å². The normalized spacial score (nSPS) is 14.7. The molecule has 6 nitrogen and oxygen atoms in total. The van der Waals surface area contributed by atoms with E-state index >= 15 is 0 Å². The first-order valence-electron chi connectivity index (χ1n) is 9.75. The Kier molecular flexibility index (Phi) is 6.04. The van der Waals surface area contributed by atoms with Gasteiger partial charge in [0.15, 0.2) is 12.4 Å². The van der Waals surface area contributed by atoms with E-state index in [9.17, 15) is 13.6 Å². The molecule has 156 valence electrons. The van der Waals surface area contributed by atoms with Crippen molar-refractivity contribution in [1.29, 1.82) is 0 Å². The molecule has 0 spiro atoms. The highest BCUT2D eigenvalue weighted by molar-refractivity contribution is 5.92. The fourth-order valence-corrected chi connectivity index (χ4v) is 3.36. The zero-order valence-electron chi connectivity index (χ0n) is 16.4. The van der Waals surface area contributed by atoms with E-state index in [0.717, 1.165) is 0 Å². The summed E-state index contributed by atoms with van der Waals surface area (Å²) in [5.41, 5.74) is 1.01. The minimum Gasteiger partial charge on any atom is -0.471 e. The molecule has 1 aromatic heterocycles. The van der Waals surface area contributed by atoms with Gasteiger partial charge in [0.1, 0.15) is 17.4 Å². The molecule has 0 bridgehead atoms. The zero-order valence-corrected chi connectivity index (χ0v) is 16.4. The van der Waals surface area contributed by atoms with E-state index in [1.807, 2.05) is 6.07 Å². The number of benzene rings is 2. The summed E-state index contributed by atoms with van der Waals surface area (Å²) in [5, 5.41) is 4.28. The number of nitrogens with zero attached hydrogens (tertiary/aromatic N) is 4. The molecule has 0 atom stereocenters. The standard InChI is InChI=1S/C22H22F2N4O2/c23-18-5-7-19(8-6-18)30-16-28-10-9-21(25-28)22(29)27-13-11-26(12-14-27)15-17-3-1-2-4-20(17)24/h1-10H,11-16H2. The Morgan fingerprint density at radius 2 is 1.70 bits per heavy atom. The number of piperazine rings is 1. The van der Waals surface area contributed by atoms with Gasteiger partial charge in [-0.2, -0.15) is 5.10 Å². The molecule has 3 aromatic rings. The molecule has 0 unspecified atom stereocenters. The number of carbonyl (C=O) groups excluding carboxylic acids is 1. The number of rotatable bonds is 6. The van der Waals surface area contributed by atoms with Crippen molar-refractivity contribution in [3.05, 3.63) is 83.7 Å². The molecule has 0 radical (unpaired) electrons. The van der Waals surface area contributed by atoms with Gasteiger partial charge in [-0.05, 0) is 36.4 Å². The van der Waals surface area contributed by atoms with Crippen molar-refractivity contribution in [2.45, 2.75) is 13.3 Å². The zero-order chi connectivity index (χ0) is 20.9. The Hall–Kier alpha value is -3.26. The van der Waals surface area contributed by atoms with Gasteiger partial charge in [0.2, 0.25) is 0 Å². The van der Waals surface area contributed by atoms with Crippen LogP contribution in [0.25, 0.3) is 0 Å². The van der Waals surface area contributed by atoms with Gasteiger partial charge in [-0.3, -0.25) is 9.69 Å². The number of halogens is 2. The number of hydrogen-bond donors (Lipinski definition) is 0. The summed E-state index contributed by atoms with van der Waals surface area (Å²) in [6, 6.07) is 14.1. The second kappa shape index (κ2) is 9.04. The molecule has 4 rings (SSSR count). The molecule has 2 aromatic carbocycles. The maximum Gasteiger partial charge on any atom is 0.274 e. The van der Waals surface area contributed by atoms with Gasteiger partial charge in [-0.15, -0.1) is 0 Å². The monoisotopic (exact) mass is 412 g/mol. The highest BCUT2D eigenvalue weighted by Crippen LogP contribution is 2.14. The summed E-state index contributed by atoms with van der Waals surface area (Å²) in [4.78, 5) is 16.6. The third kappa shape index (κ3) is 4.83. The summed E-state index contributed by atoms with van der Waals surface area (Å²) >= 11 is 0. The van der Waals surface area contributed by atoms with Crippen LogP contribution in [0.1, 0.15) is 16.1 Å². The third-order valence-corrected chi connectivity index (χ3v) is 5.05. The lowest BCUT2D eigenvalue weighted by Crippen LogP contribution is -2.48. The lowest BCUT2D eigenvalue weighted by Gasteiger charge is -2.34. The third-order valence-electron chi connectivity index (χ3n) is 5.05. The van der Waals surface area contributed by atoms with Crippen molar-refractivity contribution in [1.82, 2.24) is 19.6 Å². The Balaban J connectivity index is 1.28. The average molecular weight is 412 g/mol. The van der Waals surface area contributed by atoms with Crippen molar-refractivity contribution < 1.29 is 18.3 Å². The van der Waals surface area contributed by atoms with Crippen LogP contribution in [0, 0.1) is 11.6 Å². The van der Waals surface area contributed by atoms with Gasteiger partial charge in [-0.1, -0.05) is 18.2 Å². The van der Waals surface area contributed by atoms with Crippen molar-refractivity contribution in [2.75, 3.05) is 26.2 Å². The van der Waals surface area contributed by atoms with Crippen LogP contribution < -0.4 is 4.74 Å². The molecule has 1 fully saturated rings. The van der Waals surface area contributed by atoms with Crippen LogP contribution >= 0.6 is 0 Å². The lowest BCUT2D eigenvalue weighted by molar-refractivity contribution is 0.0619. The number of amides is 1. The summed E-state index contributed by atoms with van der Waals surface area (Å²) in [5.74, 6) is -0.153. The van der Waals surface area contributed by atoms with Gasteiger partial charge in [0.25, 0.3) is 5.91 Å². The van der Waals surface area contributed by atoms with Gasteiger partial charge in [0.05, 0.1) is 0 Å². The molecule has 0 saturated carbocycles. The molecule has 1 saturated heterocycles. The SMILES string of the molecule is O=C(c1ccn(COc2ccc(F)cc2)n1)N1CCN(Cc2ccccc2F)CC1. The Morgan fingerprint density at radius 1 is 0.967 bits per heavy atom. The maximum atomic E-state index is 13.8. The van der Waals surface area contributed by atoms with E-state index in [-0.39, 0.29) is 24.3 Å². The second-order valence-electron chi connectivity index (χ2n) is 7.13. The maximum absolute atomic E-state index is 13.8. The quantitative estimate of drug-likeness (QED) is 0.624. The van der Waals surface area contributed by atoms with Crippen molar-refractivity contribution in [3.63, 3.8) is 0 Å². The molecule has 1 aliphatic rings. The highest BCUT2D eigenvalue weighted by atomic mass is 19.1. The highest BCUT2D eigenvalue weighted by Gasteiger charge is 2.24. The molecule has 0 aliphatic carbocycles. The van der Waals surface area contributed by atoms with Crippen LogP contribution in [0.15, 0.2) is 60.8 Å². The van der Waals surface area contributed by atoms with Crippen LogP contribution in [0.3, 0.4) is 0 Å². The predicted octanol–water partition coefficient (Wildman–Crippen LogP) is 3.16. The Bertz CT molecular complexity index is 998. The van der Waals surface area contributed by atoms with Crippen molar-refractivity contribution in [2.24, 2.45) is 0 Å². The van der Waals surface area contributed by atoms with E-state index in [4.69, 9.17) is 4.74 Å². The smallest absolute Gasteiger partial charge is 0.274 e. The number of hydrogen-bond acceptors (Lipinski definition) is 4. The Morgan fingerprint density at radius 3 is 2.43 bits per heavy atom. The molecule has 1 amide bonds. The molecule has 2 heterocycles. The largest absolute Gasteiger partial charge is 0.471 e. The second-order valence-corrected chi connectivity index (χ2v) is 7.13. The molecule has 1 aliphatic heterocycles. The summed E-state index contributed by atoms with van der Waals surface area (Å²) in [7, 11) is 0. The first-order chi connectivity index (χ1) is 14.6. The number of aromatic nitrogens is 2. The fourth-order valence-electron chi connectivity index (χ4n) is 3.36.